The van der Waals surface area contributed by atoms with Crippen LogP contribution in [0.5, 0.6) is 0 Å². The molecule has 0 fully saturated rings. The fourth-order valence-corrected chi connectivity index (χ4v) is 10.5. The third-order valence-electron chi connectivity index (χ3n) is 13.3. The van der Waals surface area contributed by atoms with Gasteiger partial charge in [0, 0.05) is 40.0 Å². The monoisotopic (exact) mass is 702 g/mol. The van der Waals surface area contributed by atoms with Crippen molar-refractivity contribution in [1.29, 1.82) is 0 Å². The van der Waals surface area contributed by atoms with Crippen LogP contribution >= 0.6 is 0 Å². The van der Waals surface area contributed by atoms with Gasteiger partial charge in [0.2, 0.25) is 6.71 Å². The van der Waals surface area contributed by atoms with Crippen molar-refractivity contribution in [2.24, 2.45) is 23.2 Å². The molecule has 0 aromatic heterocycles. The van der Waals surface area contributed by atoms with Crippen LogP contribution in [0.25, 0.3) is 5.57 Å². The third kappa shape index (κ3) is 4.86. The molecule has 2 nitrogen and oxygen atoms in total. The van der Waals surface area contributed by atoms with E-state index in [2.05, 4.69) is 200 Å². The Labute approximate surface area is 323 Å². The molecule has 2 aliphatic heterocycles. The van der Waals surface area contributed by atoms with Crippen LogP contribution in [-0.4, -0.2) is 6.71 Å². The van der Waals surface area contributed by atoms with E-state index in [1.54, 1.807) is 11.0 Å². The average molecular weight is 703 g/mol. The summed E-state index contributed by atoms with van der Waals surface area (Å²) >= 11 is 0. The zero-order chi connectivity index (χ0) is 37.5. The predicted octanol–water partition coefficient (Wildman–Crippen LogP) is 12.2. The van der Waals surface area contributed by atoms with Gasteiger partial charge in [-0.15, -0.1) is 0 Å². The van der Waals surface area contributed by atoms with Crippen molar-refractivity contribution in [3.05, 3.63) is 161 Å². The number of hydrogen-bond donors (Lipinski definition) is 0. The highest BCUT2D eigenvalue weighted by atomic mass is 15.2. The minimum atomic E-state index is 0.0598. The van der Waals surface area contributed by atoms with Crippen LogP contribution in [0.2, 0.25) is 0 Å². The highest BCUT2D eigenvalue weighted by Gasteiger charge is 2.60. The number of nitrogens with zero attached hydrogens (tertiary/aromatic N) is 2. The van der Waals surface area contributed by atoms with Gasteiger partial charge >= 0.3 is 0 Å². The molecule has 0 spiro atoms. The van der Waals surface area contributed by atoms with Gasteiger partial charge in [-0.05, 0) is 134 Å². The Balaban J connectivity index is 1.20. The zero-order valence-electron chi connectivity index (χ0n) is 33.3. The quantitative estimate of drug-likeness (QED) is 0.172. The van der Waals surface area contributed by atoms with E-state index < -0.39 is 0 Å². The van der Waals surface area contributed by atoms with E-state index in [9.17, 15) is 0 Å². The lowest BCUT2D eigenvalue weighted by molar-refractivity contribution is 0.293. The maximum Gasteiger partial charge on any atom is 0.244 e. The molecule has 268 valence electrons. The molecular formula is C51H51BN2. The summed E-state index contributed by atoms with van der Waals surface area (Å²) in [6.45, 7) is 21.3. The fourth-order valence-electron chi connectivity index (χ4n) is 10.5. The van der Waals surface area contributed by atoms with Gasteiger partial charge in [0.05, 0.1) is 0 Å². The van der Waals surface area contributed by atoms with Gasteiger partial charge in [-0.25, -0.2) is 0 Å². The Kier molecular flexibility index (Phi) is 7.00. The average Bonchev–Trinajstić information content (AvgIpc) is 3.79. The summed E-state index contributed by atoms with van der Waals surface area (Å²) in [5.74, 6) is 1.61. The molecule has 3 heteroatoms. The molecular weight excluding hydrogens is 651 g/mol. The van der Waals surface area contributed by atoms with Crippen molar-refractivity contribution >= 4 is 57.3 Å². The topological polar surface area (TPSA) is 6.48 Å². The van der Waals surface area contributed by atoms with Crippen LogP contribution in [0.15, 0.2) is 138 Å². The van der Waals surface area contributed by atoms with Gasteiger partial charge in [-0.2, -0.15) is 0 Å². The lowest BCUT2D eigenvalue weighted by Crippen LogP contribution is -2.52. The Hall–Kier alpha value is -5.02. The molecule has 0 N–H and O–H groups in total. The summed E-state index contributed by atoms with van der Waals surface area (Å²) in [7, 11) is 0. The molecule has 10 rings (SSSR count). The maximum absolute atomic E-state index is 2.57. The summed E-state index contributed by atoms with van der Waals surface area (Å²) < 4.78 is 0. The van der Waals surface area contributed by atoms with Crippen molar-refractivity contribution in [2.45, 2.75) is 73.1 Å². The Morgan fingerprint density at radius 2 is 1.30 bits per heavy atom. The molecule has 5 aromatic rings. The first-order valence-electron chi connectivity index (χ1n) is 20.0. The third-order valence-corrected chi connectivity index (χ3v) is 13.3. The summed E-state index contributed by atoms with van der Waals surface area (Å²) in [5.41, 5.74) is 20.8. The molecule has 0 bridgehead atoms. The molecule has 3 unspecified atom stereocenters. The van der Waals surface area contributed by atoms with Crippen LogP contribution in [-0.2, 0) is 10.8 Å². The molecule has 0 amide bonds. The number of aryl methyl sites for hydroxylation is 1. The highest BCUT2D eigenvalue weighted by molar-refractivity contribution is 6.96. The van der Waals surface area contributed by atoms with E-state index in [1.807, 2.05) is 0 Å². The van der Waals surface area contributed by atoms with Crippen molar-refractivity contribution in [1.82, 2.24) is 0 Å². The number of fused-ring (bicyclic) bond motifs is 8. The van der Waals surface area contributed by atoms with Gasteiger partial charge in [0.15, 0.2) is 0 Å². The minimum Gasteiger partial charge on any atom is -0.311 e. The lowest BCUT2D eigenvalue weighted by Gasteiger charge is -2.41. The summed E-state index contributed by atoms with van der Waals surface area (Å²) in [5, 5.41) is 0. The van der Waals surface area contributed by atoms with Crippen LogP contribution in [0, 0.1) is 30.1 Å². The SMILES string of the molecule is Cc1cc2c3c(c1)N(c1ccccc1)c1cc(N(c4ccc(C(C)(C)C)cc4)c4ccc(C(C)(C)C)cc4)ccc1B3C1=C2C(C)(C)C2C=CC3=CC3C12. The van der Waals surface area contributed by atoms with Crippen LogP contribution in [0.4, 0.5) is 34.1 Å². The van der Waals surface area contributed by atoms with E-state index in [-0.39, 0.29) is 23.0 Å². The second-order valence-electron chi connectivity index (χ2n) is 19.2. The summed E-state index contributed by atoms with van der Waals surface area (Å²) in [4.78, 5) is 5.03. The zero-order valence-corrected chi connectivity index (χ0v) is 33.3. The predicted molar refractivity (Wildman–Crippen MR) is 231 cm³/mol. The van der Waals surface area contributed by atoms with Crippen molar-refractivity contribution in [3.8, 4) is 0 Å². The maximum atomic E-state index is 2.57. The van der Waals surface area contributed by atoms with Crippen LogP contribution in [0.1, 0.15) is 77.6 Å². The molecule has 0 radical (unpaired) electrons. The molecule has 3 aliphatic carbocycles. The number of allylic oxidation sites excluding steroid dienone is 6. The van der Waals surface area contributed by atoms with E-state index in [1.165, 1.54) is 72.9 Å². The van der Waals surface area contributed by atoms with Gasteiger partial charge in [-0.3, -0.25) is 0 Å². The number of hydrogen-bond acceptors (Lipinski definition) is 2. The molecule has 54 heavy (non-hydrogen) atoms. The first-order chi connectivity index (χ1) is 25.7. The summed E-state index contributed by atoms with van der Waals surface area (Å²) in [6.07, 6.45) is 7.50. The van der Waals surface area contributed by atoms with E-state index in [0.29, 0.717) is 17.8 Å². The minimum absolute atomic E-state index is 0.0598. The molecule has 2 heterocycles. The van der Waals surface area contributed by atoms with E-state index in [4.69, 9.17) is 0 Å². The van der Waals surface area contributed by atoms with Gasteiger partial charge in [0.25, 0.3) is 0 Å². The first-order valence-corrected chi connectivity index (χ1v) is 20.0. The number of para-hydroxylation sites is 1. The standard InChI is InChI=1S/C51H51BN2/c1-31-27-40-46-48(45-39-29-32(39)15-25-41(45)51(46,8)9)52-42-26-24-38(30-43(42)54(44(28-31)47(40)52)35-13-11-10-12-14-35)53(36-20-16-33(17-21-36)49(2,3)4)37-22-18-34(19-23-37)50(5,6)7/h10-30,39,41,45H,1-9H3. The molecule has 5 aliphatic rings. The van der Waals surface area contributed by atoms with Crippen molar-refractivity contribution in [2.75, 3.05) is 9.80 Å². The van der Waals surface area contributed by atoms with Crippen molar-refractivity contribution in [3.63, 3.8) is 0 Å². The molecule has 0 saturated heterocycles. The number of anilines is 6. The highest BCUT2D eigenvalue weighted by Crippen LogP contribution is 2.66. The normalized spacial score (nSPS) is 21.3. The first kappa shape index (κ1) is 33.5. The summed E-state index contributed by atoms with van der Waals surface area (Å²) in [6, 6.07) is 41.9. The molecule has 0 saturated carbocycles. The van der Waals surface area contributed by atoms with Crippen LogP contribution in [0.3, 0.4) is 0 Å². The van der Waals surface area contributed by atoms with E-state index in [0.717, 1.165) is 0 Å². The van der Waals surface area contributed by atoms with Gasteiger partial charge in [0.1, 0.15) is 0 Å². The second kappa shape index (κ2) is 11.3. The Morgan fingerprint density at radius 3 is 1.91 bits per heavy atom. The Bertz CT molecular complexity index is 2390. The lowest BCUT2D eigenvalue weighted by atomic mass is 9.34. The number of rotatable bonds is 4. The smallest absolute Gasteiger partial charge is 0.244 e. The van der Waals surface area contributed by atoms with Gasteiger partial charge in [-0.1, -0.05) is 134 Å². The van der Waals surface area contributed by atoms with E-state index >= 15 is 0 Å². The fraction of sp³-hybridized carbons (Fsp3) is 0.294. The van der Waals surface area contributed by atoms with Crippen molar-refractivity contribution < 1.29 is 0 Å². The second-order valence-corrected chi connectivity index (χ2v) is 19.2. The molecule has 5 aromatic carbocycles. The van der Waals surface area contributed by atoms with Crippen LogP contribution < -0.4 is 20.7 Å². The van der Waals surface area contributed by atoms with Gasteiger partial charge < -0.3 is 9.80 Å². The Morgan fingerprint density at radius 1 is 0.685 bits per heavy atom. The number of benzene rings is 5. The molecule has 3 atom stereocenters. The largest absolute Gasteiger partial charge is 0.311 e.